The molecule has 6 rings (SSSR count). The largest absolute Gasteiger partial charge is 0.380 e. The Kier molecular flexibility index (Phi) is 4.34. The van der Waals surface area contributed by atoms with Crippen LogP contribution in [0.15, 0.2) is 48.7 Å². The van der Waals surface area contributed by atoms with Crippen molar-refractivity contribution in [2.24, 2.45) is 0 Å². The van der Waals surface area contributed by atoms with Crippen LogP contribution in [-0.2, 0) is 6.54 Å². The van der Waals surface area contributed by atoms with Gasteiger partial charge in [0.25, 0.3) is 0 Å². The molecule has 6 nitrogen and oxygen atoms in total. The molecule has 2 N–H and O–H groups in total. The van der Waals surface area contributed by atoms with Crippen LogP contribution in [0.5, 0.6) is 0 Å². The molecular formula is C25H26N6. The van der Waals surface area contributed by atoms with Crippen molar-refractivity contribution < 1.29 is 0 Å². The molecule has 0 saturated carbocycles. The van der Waals surface area contributed by atoms with Gasteiger partial charge in [-0.1, -0.05) is 6.07 Å². The molecule has 1 aromatic heterocycles. The van der Waals surface area contributed by atoms with Gasteiger partial charge in [-0.05, 0) is 54.4 Å². The van der Waals surface area contributed by atoms with Crippen LogP contribution in [0.3, 0.4) is 0 Å². The number of pyridine rings is 1. The highest BCUT2D eigenvalue weighted by molar-refractivity contribution is 5.95. The first kappa shape index (κ1) is 18.6. The third-order valence-electron chi connectivity index (χ3n) is 7.06. The summed E-state index contributed by atoms with van der Waals surface area (Å²) in [5, 5.41) is 17.5. The van der Waals surface area contributed by atoms with E-state index in [9.17, 15) is 5.26 Å². The Hall–Kier alpha value is -3.14. The van der Waals surface area contributed by atoms with Gasteiger partial charge in [0, 0.05) is 61.7 Å². The second-order valence-electron chi connectivity index (χ2n) is 9.00. The lowest BCUT2D eigenvalue weighted by molar-refractivity contribution is 0.134. The van der Waals surface area contributed by atoms with Crippen LogP contribution in [0.4, 0.5) is 11.4 Å². The lowest BCUT2D eigenvalue weighted by atomic mass is 9.99. The predicted octanol–water partition coefficient (Wildman–Crippen LogP) is 3.26. The van der Waals surface area contributed by atoms with Gasteiger partial charge in [0.05, 0.1) is 23.2 Å². The van der Waals surface area contributed by atoms with Crippen LogP contribution in [0.25, 0.3) is 10.9 Å². The van der Waals surface area contributed by atoms with E-state index in [1.165, 1.54) is 22.5 Å². The number of fused-ring (bicyclic) bond motifs is 4. The quantitative estimate of drug-likeness (QED) is 0.691. The van der Waals surface area contributed by atoms with Crippen LogP contribution in [0, 0.1) is 11.3 Å². The number of hydrogen-bond acceptors (Lipinski definition) is 6. The number of rotatable bonds is 3. The maximum absolute atomic E-state index is 9.49. The Balaban J connectivity index is 1.33. The molecule has 2 atom stereocenters. The van der Waals surface area contributed by atoms with Crippen molar-refractivity contribution in [3.05, 3.63) is 65.4 Å². The van der Waals surface area contributed by atoms with Gasteiger partial charge >= 0.3 is 0 Å². The fourth-order valence-corrected chi connectivity index (χ4v) is 5.36. The third kappa shape index (κ3) is 3.04. The summed E-state index contributed by atoms with van der Waals surface area (Å²) < 4.78 is 0. The number of nitriles is 1. The molecule has 31 heavy (non-hydrogen) atoms. The van der Waals surface area contributed by atoms with Crippen molar-refractivity contribution in [2.45, 2.75) is 31.6 Å². The van der Waals surface area contributed by atoms with Crippen LogP contribution in [-0.4, -0.2) is 48.1 Å². The van der Waals surface area contributed by atoms with Crippen LogP contribution in [0.1, 0.15) is 29.7 Å². The molecule has 156 valence electrons. The number of nitrogens with zero attached hydrogens (tertiary/aromatic N) is 4. The van der Waals surface area contributed by atoms with Crippen molar-refractivity contribution >= 4 is 22.3 Å². The zero-order chi connectivity index (χ0) is 20.9. The first-order valence-electron chi connectivity index (χ1n) is 11.1. The maximum Gasteiger partial charge on any atom is 0.101 e. The molecule has 2 saturated heterocycles. The lowest BCUT2D eigenvalue weighted by Crippen LogP contribution is -2.51. The maximum atomic E-state index is 9.49. The third-order valence-corrected chi connectivity index (χ3v) is 7.06. The summed E-state index contributed by atoms with van der Waals surface area (Å²) in [6, 6.07) is 18.6. The second-order valence-corrected chi connectivity index (χ2v) is 9.00. The molecule has 2 fully saturated rings. The van der Waals surface area contributed by atoms with Crippen LogP contribution in [0.2, 0.25) is 0 Å². The van der Waals surface area contributed by atoms with E-state index in [1.807, 2.05) is 12.1 Å². The van der Waals surface area contributed by atoms with E-state index in [0.717, 1.165) is 43.6 Å². The molecule has 3 aromatic rings. The van der Waals surface area contributed by atoms with Gasteiger partial charge in [-0.3, -0.25) is 9.88 Å². The number of hydrogen-bond donors (Lipinski definition) is 2. The van der Waals surface area contributed by atoms with E-state index in [0.29, 0.717) is 23.7 Å². The van der Waals surface area contributed by atoms with Gasteiger partial charge in [0.15, 0.2) is 0 Å². The zero-order valence-corrected chi connectivity index (χ0v) is 17.7. The van der Waals surface area contributed by atoms with Gasteiger partial charge < -0.3 is 15.5 Å². The molecule has 0 radical (unpaired) electrons. The van der Waals surface area contributed by atoms with Crippen molar-refractivity contribution in [2.75, 3.05) is 36.4 Å². The molecule has 3 aliphatic heterocycles. The topological polar surface area (TPSA) is 67.2 Å². The summed E-state index contributed by atoms with van der Waals surface area (Å²) in [6.45, 7) is 7.36. The van der Waals surface area contributed by atoms with Crippen molar-refractivity contribution in [1.82, 2.24) is 15.2 Å². The van der Waals surface area contributed by atoms with Gasteiger partial charge in [0.1, 0.15) is 6.07 Å². The molecule has 0 spiro atoms. The van der Waals surface area contributed by atoms with Gasteiger partial charge in [-0.15, -0.1) is 0 Å². The molecule has 3 aliphatic rings. The van der Waals surface area contributed by atoms with Crippen LogP contribution < -0.4 is 15.5 Å². The Labute approximate surface area is 182 Å². The van der Waals surface area contributed by atoms with Gasteiger partial charge in [-0.2, -0.15) is 5.26 Å². The SMILES string of the molecule is C[C@@H]1CN(c2ccc(C#N)c3ncccc23)C[C@@H]2c3ccc(NC4CNC4)cc3CN12. The minimum absolute atomic E-state index is 0.389. The molecule has 0 unspecified atom stereocenters. The number of nitrogens with one attached hydrogen (secondary N) is 2. The van der Waals surface area contributed by atoms with E-state index < -0.39 is 0 Å². The molecule has 0 bridgehead atoms. The minimum Gasteiger partial charge on any atom is -0.380 e. The molecule has 0 amide bonds. The number of benzene rings is 2. The van der Waals surface area contributed by atoms with Gasteiger partial charge in [0.2, 0.25) is 0 Å². The highest BCUT2D eigenvalue weighted by Crippen LogP contribution is 2.42. The van der Waals surface area contributed by atoms with E-state index in [4.69, 9.17) is 0 Å². The van der Waals surface area contributed by atoms with Crippen LogP contribution >= 0.6 is 0 Å². The zero-order valence-electron chi connectivity index (χ0n) is 17.7. The van der Waals surface area contributed by atoms with Crippen molar-refractivity contribution in [1.29, 1.82) is 5.26 Å². The van der Waals surface area contributed by atoms with E-state index >= 15 is 0 Å². The molecule has 4 heterocycles. The monoisotopic (exact) mass is 410 g/mol. The highest BCUT2D eigenvalue weighted by Gasteiger charge is 2.39. The predicted molar refractivity (Wildman–Crippen MR) is 123 cm³/mol. The Morgan fingerprint density at radius 1 is 1.16 bits per heavy atom. The standard InChI is InChI=1S/C25H26N6/c1-16-13-30(23-7-4-17(10-26)25-22(23)3-2-8-28-25)15-24-21-6-5-19(29-20-11-27-12-20)9-18(21)14-31(16)24/h2-9,16,20,24,27,29H,11-15H2,1H3/t16-,24-/m1/s1. The number of anilines is 2. The van der Waals surface area contributed by atoms with E-state index in [1.54, 1.807) is 6.20 Å². The number of piperazine rings is 1. The summed E-state index contributed by atoms with van der Waals surface area (Å²) in [5.41, 5.74) is 6.74. The molecule has 0 aliphatic carbocycles. The molecular weight excluding hydrogens is 384 g/mol. The average Bonchev–Trinajstić information content (AvgIpc) is 3.14. The number of aromatic nitrogens is 1. The highest BCUT2D eigenvalue weighted by atomic mass is 15.3. The Bertz CT molecular complexity index is 1190. The summed E-state index contributed by atoms with van der Waals surface area (Å²) in [5.74, 6) is 0. The summed E-state index contributed by atoms with van der Waals surface area (Å²) in [4.78, 5) is 9.63. The normalized spacial score (nSPS) is 23.2. The van der Waals surface area contributed by atoms with E-state index in [2.05, 4.69) is 68.7 Å². The summed E-state index contributed by atoms with van der Waals surface area (Å²) >= 11 is 0. The van der Waals surface area contributed by atoms with E-state index in [-0.39, 0.29) is 0 Å². The second kappa shape index (κ2) is 7.23. The van der Waals surface area contributed by atoms with Crippen molar-refractivity contribution in [3.63, 3.8) is 0 Å². The smallest absolute Gasteiger partial charge is 0.101 e. The molecule has 6 heteroatoms. The molecule has 2 aromatic carbocycles. The lowest BCUT2D eigenvalue weighted by Gasteiger charge is -2.43. The average molecular weight is 411 g/mol. The first-order chi connectivity index (χ1) is 15.2. The minimum atomic E-state index is 0.389. The Morgan fingerprint density at radius 3 is 2.87 bits per heavy atom. The Morgan fingerprint density at radius 2 is 2.06 bits per heavy atom. The first-order valence-corrected chi connectivity index (χ1v) is 11.1. The van der Waals surface area contributed by atoms with Gasteiger partial charge in [-0.25, -0.2) is 0 Å². The fourth-order valence-electron chi connectivity index (χ4n) is 5.36. The summed E-state index contributed by atoms with van der Waals surface area (Å²) in [7, 11) is 0. The fraction of sp³-hybridized carbons (Fsp3) is 0.360. The van der Waals surface area contributed by atoms with Crippen molar-refractivity contribution in [3.8, 4) is 6.07 Å². The summed E-state index contributed by atoms with van der Waals surface area (Å²) in [6.07, 6.45) is 1.77.